The molecule has 4 atom stereocenters. The number of sulfonamides is 1. The van der Waals surface area contributed by atoms with Gasteiger partial charge in [-0.15, -0.1) is 0 Å². The number of ether oxygens (including phenoxy) is 1. The number of cyclic esters (lactones) is 1. The third kappa shape index (κ3) is 8.58. The summed E-state index contributed by atoms with van der Waals surface area (Å²) in [6.07, 6.45) is -2.35. The lowest BCUT2D eigenvalue weighted by Gasteiger charge is -2.31. The lowest BCUT2D eigenvalue weighted by atomic mass is 10.0. The van der Waals surface area contributed by atoms with Crippen molar-refractivity contribution in [3.05, 3.63) is 95.6 Å². The first kappa shape index (κ1) is 34.8. The molecule has 12 heteroatoms. The van der Waals surface area contributed by atoms with Crippen molar-refractivity contribution in [1.82, 2.24) is 9.62 Å². The molecule has 11 nitrogen and oxygen atoms in total. The van der Waals surface area contributed by atoms with Gasteiger partial charge in [0.05, 0.1) is 30.2 Å². The number of benzene rings is 3. The zero-order valence-electron chi connectivity index (χ0n) is 26.2. The molecule has 46 heavy (non-hydrogen) atoms. The highest BCUT2D eigenvalue weighted by atomic mass is 32.2. The molecule has 1 fully saturated rings. The molecule has 0 aliphatic carbocycles. The van der Waals surface area contributed by atoms with Crippen molar-refractivity contribution in [3.63, 3.8) is 0 Å². The van der Waals surface area contributed by atoms with Gasteiger partial charge < -0.3 is 20.3 Å². The van der Waals surface area contributed by atoms with Gasteiger partial charge in [0, 0.05) is 24.3 Å². The van der Waals surface area contributed by atoms with Crippen molar-refractivity contribution in [2.24, 2.45) is 5.92 Å². The summed E-state index contributed by atoms with van der Waals surface area (Å²) in [4.78, 5) is 39.1. The summed E-state index contributed by atoms with van der Waals surface area (Å²) < 4.78 is 34.2. The minimum Gasteiger partial charge on any atom is -0.434 e. The van der Waals surface area contributed by atoms with Gasteiger partial charge in [0.15, 0.2) is 11.9 Å². The van der Waals surface area contributed by atoms with Crippen LogP contribution in [0.1, 0.15) is 48.7 Å². The number of hydrogen-bond donors (Lipinski definition) is 3. The summed E-state index contributed by atoms with van der Waals surface area (Å²) in [5.41, 5.74) is 2.31. The lowest BCUT2D eigenvalue weighted by Crippen LogP contribution is -2.53. The van der Waals surface area contributed by atoms with E-state index in [1.165, 1.54) is 40.4 Å². The minimum atomic E-state index is -4.05. The fraction of sp³-hybridized carbons (Fsp3) is 0.382. The quantitative estimate of drug-likeness (QED) is 0.211. The van der Waals surface area contributed by atoms with Crippen LogP contribution in [0, 0.1) is 5.92 Å². The van der Waals surface area contributed by atoms with Gasteiger partial charge in [0.25, 0.3) is 5.91 Å². The van der Waals surface area contributed by atoms with Gasteiger partial charge in [0.1, 0.15) is 0 Å². The van der Waals surface area contributed by atoms with Gasteiger partial charge >= 0.3 is 6.09 Å². The fourth-order valence-electron chi connectivity index (χ4n) is 5.11. The van der Waals surface area contributed by atoms with Gasteiger partial charge in [-0.2, -0.15) is 4.31 Å². The van der Waals surface area contributed by atoms with E-state index in [1.807, 2.05) is 44.2 Å². The first-order valence-corrected chi connectivity index (χ1v) is 16.7. The van der Waals surface area contributed by atoms with Crippen LogP contribution >= 0.6 is 0 Å². The molecule has 2 amide bonds. The Morgan fingerprint density at radius 3 is 2.24 bits per heavy atom. The number of amides is 2. The Kier molecular flexibility index (Phi) is 11.7. The second kappa shape index (κ2) is 15.5. The number of carbonyl (C=O) groups is 3. The Balaban J connectivity index is 1.55. The number of nitrogens with one attached hydrogen (secondary N) is 1. The van der Waals surface area contributed by atoms with Crippen LogP contribution in [0.4, 0.5) is 10.5 Å². The predicted molar refractivity (Wildman–Crippen MR) is 173 cm³/mol. The number of ketones is 1. The molecular formula is C34H41N3O8S. The summed E-state index contributed by atoms with van der Waals surface area (Å²) in [5.74, 6) is -0.771. The van der Waals surface area contributed by atoms with E-state index in [9.17, 15) is 33.0 Å². The molecule has 1 aliphatic rings. The van der Waals surface area contributed by atoms with E-state index in [2.05, 4.69) is 5.32 Å². The van der Waals surface area contributed by atoms with Crippen LogP contribution in [0.2, 0.25) is 0 Å². The highest BCUT2D eigenvalue weighted by Crippen LogP contribution is 2.24. The molecule has 0 bridgehead atoms. The third-order valence-corrected chi connectivity index (χ3v) is 9.97. The lowest BCUT2D eigenvalue weighted by molar-refractivity contribution is -0.129. The molecule has 0 radical (unpaired) electrons. The van der Waals surface area contributed by atoms with Crippen molar-refractivity contribution < 1.29 is 37.8 Å². The van der Waals surface area contributed by atoms with Crippen molar-refractivity contribution in [1.29, 1.82) is 0 Å². The Morgan fingerprint density at radius 2 is 1.65 bits per heavy atom. The van der Waals surface area contributed by atoms with Crippen LogP contribution in [-0.4, -0.2) is 78.6 Å². The molecule has 3 aromatic carbocycles. The summed E-state index contributed by atoms with van der Waals surface area (Å²) in [5, 5.41) is 23.8. The largest absolute Gasteiger partial charge is 0.434 e. The Morgan fingerprint density at radius 1 is 1.00 bits per heavy atom. The number of carbonyl (C=O) groups excluding carboxylic acids is 3. The smallest absolute Gasteiger partial charge is 0.415 e. The van der Waals surface area contributed by atoms with Crippen molar-refractivity contribution in [2.75, 3.05) is 24.5 Å². The molecule has 0 spiro atoms. The maximum atomic E-state index is 13.8. The normalized spacial score (nSPS) is 17.0. The summed E-state index contributed by atoms with van der Waals surface area (Å²) in [7, 11) is -4.05. The molecule has 246 valence electrons. The maximum absolute atomic E-state index is 13.8. The average Bonchev–Trinajstić information content (AvgIpc) is 3.45. The highest BCUT2D eigenvalue weighted by molar-refractivity contribution is 7.89. The summed E-state index contributed by atoms with van der Waals surface area (Å²) >= 11 is 0. The van der Waals surface area contributed by atoms with E-state index in [0.717, 1.165) is 5.56 Å². The number of nitrogens with zero attached hydrogens (tertiary/aromatic N) is 2. The van der Waals surface area contributed by atoms with Crippen molar-refractivity contribution in [2.45, 2.75) is 63.4 Å². The standard InChI is InChI=1S/C34H41N3O8S/c1-4-23(2)19-36(46(43,44)29-16-10-26(22-38)11-17-29)20-31(40)30(18-25-8-6-5-7-9-25)35-33(41)32-21-37(34(42)45-32)28-14-12-27(13-15-28)24(3)39/h5-17,23,30-32,38,40H,4,18-22H2,1-3H3,(H,35,41)/t23-,30-,31+,32-/m0/s1. The van der Waals surface area contributed by atoms with Crippen molar-refractivity contribution >= 4 is 33.5 Å². The number of aliphatic hydroxyl groups is 2. The molecule has 0 saturated carbocycles. The molecule has 1 heterocycles. The molecule has 1 aliphatic heterocycles. The molecule has 1 saturated heterocycles. The van der Waals surface area contributed by atoms with Crippen LogP contribution < -0.4 is 10.2 Å². The van der Waals surface area contributed by atoms with Crippen LogP contribution in [0.25, 0.3) is 0 Å². The monoisotopic (exact) mass is 651 g/mol. The second-order valence-electron chi connectivity index (χ2n) is 11.6. The van der Waals surface area contributed by atoms with E-state index in [-0.39, 0.29) is 49.3 Å². The topological polar surface area (TPSA) is 154 Å². The second-order valence-corrected chi connectivity index (χ2v) is 13.5. The molecule has 3 aromatic rings. The van der Waals surface area contributed by atoms with Crippen LogP contribution in [0.15, 0.2) is 83.8 Å². The Labute approximate surface area is 269 Å². The van der Waals surface area contributed by atoms with Gasteiger partial charge in [0.2, 0.25) is 10.0 Å². The van der Waals surface area contributed by atoms with E-state index in [1.54, 1.807) is 24.3 Å². The van der Waals surface area contributed by atoms with E-state index < -0.39 is 40.3 Å². The Bertz CT molecular complexity index is 1600. The number of aliphatic hydroxyl groups excluding tert-OH is 2. The van der Waals surface area contributed by atoms with Crippen LogP contribution in [0.5, 0.6) is 0 Å². The molecule has 0 unspecified atom stereocenters. The van der Waals surface area contributed by atoms with Gasteiger partial charge in [-0.3, -0.25) is 14.5 Å². The van der Waals surface area contributed by atoms with Gasteiger partial charge in [-0.1, -0.05) is 62.7 Å². The SMILES string of the molecule is CC[C@H](C)CN(C[C@@H](O)[C@H](Cc1ccccc1)NC(=O)[C@@H]1CN(c2ccc(C(C)=O)cc2)C(=O)O1)S(=O)(=O)c1ccc(CO)cc1. The molecule has 4 rings (SSSR count). The number of hydrogen-bond acceptors (Lipinski definition) is 8. The molecular weight excluding hydrogens is 610 g/mol. The Hall–Kier alpha value is -4.10. The molecule has 3 N–H and O–H groups in total. The number of Topliss-reactive ketones (excluding diaryl/α,β-unsaturated/α-hetero) is 1. The number of anilines is 1. The van der Waals surface area contributed by atoms with Crippen LogP contribution in [0.3, 0.4) is 0 Å². The molecule has 0 aromatic heterocycles. The first-order chi connectivity index (χ1) is 21.9. The van der Waals surface area contributed by atoms with E-state index in [0.29, 0.717) is 23.2 Å². The van der Waals surface area contributed by atoms with Gasteiger partial charge in [-0.05, 0) is 66.8 Å². The minimum absolute atomic E-state index is 0.0192. The highest BCUT2D eigenvalue weighted by Gasteiger charge is 2.39. The maximum Gasteiger partial charge on any atom is 0.415 e. The van der Waals surface area contributed by atoms with E-state index in [4.69, 9.17) is 4.74 Å². The average molecular weight is 652 g/mol. The predicted octanol–water partition coefficient (Wildman–Crippen LogP) is 3.53. The third-order valence-electron chi connectivity index (χ3n) is 8.13. The fourth-order valence-corrected chi connectivity index (χ4v) is 6.69. The zero-order valence-corrected chi connectivity index (χ0v) is 27.0. The van der Waals surface area contributed by atoms with Crippen LogP contribution in [-0.2, 0) is 32.6 Å². The number of rotatable bonds is 15. The summed E-state index contributed by atoms with van der Waals surface area (Å²) in [6, 6.07) is 20.5. The van der Waals surface area contributed by atoms with Crippen molar-refractivity contribution in [3.8, 4) is 0 Å². The van der Waals surface area contributed by atoms with E-state index >= 15 is 0 Å². The summed E-state index contributed by atoms with van der Waals surface area (Å²) in [6.45, 7) is 4.83. The zero-order chi connectivity index (χ0) is 33.4. The van der Waals surface area contributed by atoms with Gasteiger partial charge in [-0.25, -0.2) is 13.2 Å². The first-order valence-electron chi connectivity index (χ1n) is 15.2.